The van der Waals surface area contributed by atoms with E-state index in [2.05, 4.69) is 4.98 Å². The van der Waals surface area contributed by atoms with Crippen LogP contribution in [0.3, 0.4) is 0 Å². The molecule has 0 amide bonds. The topological polar surface area (TPSA) is 25.8 Å². The summed E-state index contributed by atoms with van der Waals surface area (Å²) in [5.41, 5.74) is 2.76. The molecule has 0 bridgehead atoms. The minimum Gasteiger partial charge on any atom is -0.255 e. The fourth-order valence-electron chi connectivity index (χ4n) is 2.43. The van der Waals surface area contributed by atoms with Gasteiger partial charge in [0.25, 0.3) is 0 Å². The number of nitrogens with zero attached hydrogens (tertiary/aromatic N) is 2. The molecular formula is C16H9ClN2. The van der Waals surface area contributed by atoms with Crippen LogP contribution in [0.25, 0.3) is 32.7 Å². The van der Waals surface area contributed by atoms with E-state index in [0.29, 0.717) is 0 Å². The van der Waals surface area contributed by atoms with E-state index < -0.39 is 0 Å². The molecule has 2 aromatic heterocycles. The lowest BCUT2D eigenvalue weighted by molar-refractivity contribution is 1.42. The van der Waals surface area contributed by atoms with E-state index in [1.54, 1.807) is 6.20 Å². The number of pyridine rings is 2. The van der Waals surface area contributed by atoms with E-state index in [4.69, 9.17) is 16.6 Å². The van der Waals surface area contributed by atoms with Gasteiger partial charge >= 0.3 is 0 Å². The maximum Gasteiger partial charge on any atom is 0.0834 e. The number of aromatic nitrogens is 2. The molecule has 4 rings (SSSR count). The summed E-state index contributed by atoms with van der Waals surface area (Å²) in [5.74, 6) is 0. The highest BCUT2D eigenvalue weighted by Gasteiger charge is 2.09. The molecule has 0 radical (unpaired) electrons. The number of hydrogen-bond donors (Lipinski definition) is 0. The van der Waals surface area contributed by atoms with Gasteiger partial charge in [-0.2, -0.15) is 0 Å². The van der Waals surface area contributed by atoms with Crippen LogP contribution in [-0.4, -0.2) is 9.97 Å². The zero-order chi connectivity index (χ0) is 12.8. The predicted molar refractivity (Wildman–Crippen MR) is 79.6 cm³/mol. The van der Waals surface area contributed by atoms with Crippen molar-refractivity contribution in [3.05, 3.63) is 59.8 Å². The zero-order valence-electron chi connectivity index (χ0n) is 9.97. The summed E-state index contributed by atoms with van der Waals surface area (Å²) in [6.45, 7) is 0. The van der Waals surface area contributed by atoms with Gasteiger partial charge in [0.1, 0.15) is 0 Å². The first kappa shape index (κ1) is 10.7. The summed E-state index contributed by atoms with van der Waals surface area (Å²) >= 11 is 6.49. The normalized spacial score (nSPS) is 11.4. The van der Waals surface area contributed by atoms with E-state index in [9.17, 15) is 0 Å². The van der Waals surface area contributed by atoms with Gasteiger partial charge in [-0.15, -0.1) is 0 Å². The van der Waals surface area contributed by atoms with E-state index in [0.717, 1.165) is 37.7 Å². The second-order valence-electron chi connectivity index (χ2n) is 4.48. The fourth-order valence-corrected chi connectivity index (χ4v) is 2.73. The predicted octanol–water partition coefficient (Wildman–Crippen LogP) is 4.59. The van der Waals surface area contributed by atoms with Crippen molar-refractivity contribution < 1.29 is 0 Å². The third kappa shape index (κ3) is 1.50. The molecule has 2 aromatic carbocycles. The SMILES string of the molecule is Clc1c2ccccc2nc2c1cnc1ccccc12. The van der Waals surface area contributed by atoms with Crippen LogP contribution in [0.4, 0.5) is 0 Å². The van der Waals surface area contributed by atoms with Gasteiger partial charge in [0, 0.05) is 22.4 Å². The Kier molecular flexibility index (Phi) is 2.20. The molecule has 19 heavy (non-hydrogen) atoms. The van der Waals surface area contributed by atoms with Crippen molar-refractivity contribution in [3.8, 4) is 0 Å². The van der Waals surface area contributed by atoms with Gasteiger partial charge in [-0.3, -0.25) is 4.98 Å². The van der Waals surface area contributed by atoms with Gasteiger partial charge in [-0.05, 0) is 12.1 Å². The third-order valence-corrected chi connectivity index (χ3v) is 3.76. The van der Waals surface area contributed by atoms with Crippen LogP contribution >= 0.6 is 11.6 Å². The minimum absolute atomic E-state index is 0.721. The van der Waals surface area contributed by atoms with Crippen LogP contribution in [0, 0.1) is 0 Å². The Morgan fingerprint density at radius 2 is 1.42 bits per heavy atom. The number of para-hydroxylation sites is 2. The molecule has 0 unspecified atom stereocenters. The second kappa shape index (κ2) is 3.90. The maximum atomic E-state index is 6.49. The molecule has 0 atom stereocenters. The summed E-state index contributed by atoms with van der Waals surface area (Å²) in [5, 5.41) is 3.62. The summed E-state index contributed by atoms with van der Waals surface area (Å²) < 4.78 is 0. The van der Waals surface area contributed by atoms with Crippen LogP contribution in [0.15, 0.2) is 54.7 Å². The van der Waals surface area contributed by atoms with Gasteiger partial charge in [0.2, 0.25) is 0 Å². The molecule has 0 fully saturated rings. The highest BCUT2D eigenvalue weighted by molar-refractivity contribution is 6.40. The third-order valence-electron chi connectivity index (χ3n) is 3.36. The van der Waals surface area contributed by atoms with E-state index in [-0.39, 0.29) is 0 Å². The van der Waals surface area contributed by atoms with Gasteiger partial charge in [-0.25, -0.2) is 4.98 Å². The van der Waals surface area contributed by atoms with Crippen molar-refractivity contribution in [2.45, 2.75) is 0 Å². The number of hydrogen-bond acceptors (Lipinski definition) is 2. The lowest BCUT2D eigenvalue weighted by Crippen LogP contribution is -1.88. The maximum absolute atomic E-state index is 6.49. The first-order chi connectivity index (χ1) is 9.34. The molecule has 0 saturated carbocycles. The zero-order valence-corrected chi connectivity index (χ0v) is 10.7. The van der Waals surface area contributed by atoms with Crippen molar-refractivity contribution in [3.63, 3.8) is 0 Å². The number of halogens is 1. The van der Waals surface area contributed by atoms with Gasteiger partial charge < -0.3 is 0 Å². The first-order valence-electron chi connectivity index (χ1n) is 6.06. The van der Waals surface area contributed by atoms with Crippen molar-refractivity contribution in [1.29, 1.82) is 0 Å². The van der Waals surface area contributed by atoms with Gasteiger partial charge in [0.05, 0.1) is 21.6 Å². The monoisotopic (exact) mass is 264 g/mol. The summed E-state index contributed by atoms with van der Waals surface area (Å²) in [6.07, 6.45) is 1.80. The van der Waals surface area contributed by atoms with Crippen molar-refractivity contribution >= 4 is 44.3 Å². The molecule has 0 spiro atoms. The fraction of sp³-hybridized carbons (Fsp3) is 0. The molecular weight excluding hydrogens is 256 g/mol. The van der Waals surface area contributed by atoms with Crippen molar-refractivity contribution in [1.82, 2.24) is 9.97 Å². The summed E-state index contributed by atoms with van der Waals surface area (Å²) in [7, 11) is 0. The molecule has 2 heterocycles. The standard InChI is InChI=1S/C16H9ClN2/c17-15-10-5-1-4-8-14(10)19-16-11-6-2-3-7-13(11)18-9-12(15)16/h1-9H. The molecule has 0 N–H and O–H groups in total. The minimum atomic E-state index is 0.721. The van der Waals surface area contributed by atoms with Crippen molar-refractivity contribution in [2.75, 3.05) is 0 Å². The van der Waals surface area contributed by atoms with E-state index >= 15 is 0 Å². The molecule has 3 heteroatoms. The number of rotatable bonds is 0. The smallest absolute Gasteiger partial charge is 0.0834 e. The number of benzene rings is 2. The van der Waals surface area contributed by atoms with Crippen LogP contribution < -0.4 is 0 Å². The average Bonchev–Trinajstić information content (AvgIpc) is 2.47. The molecule has 2 nitrogen and oxygen atoms in total. The van der Waals surface area contributed by atoms with Crippen molar-refractivity contribution in [2.24, 2.45) is 0 Å². The highest BCUT2D eigenvalue weighted by Crippen LogP contribution is 2.32. The first-order valence-corrected chi connectivity index (χ1v) is 6.44. The molecule has 90 valence electrons. The highest BCUT2D eigenvalue weighted by atomic mass is 35.5. The molecule has 0 saturated heterocycles. The molecule has 0 aliphatic heterocycles. The lowest BCUT2D eigenvalue weighted by atomic mass is 10.1. The Morgan fingerprint density at radius 1 is 0.737 bits per heavy atom. The van der Waals surface area contributed by atoms with Crippen LogP contribution in [-0.2, 0) is 0 Å². The van der Waals surface area contributed by atoms with Crippen LogP contribution in [0.5, 0.6) is 0 Å². The largest absolute Gasteiger partial charge is 0.255 e. The van der Waals surface area contributed by atoms with Crippen LogP contribution in [0.2, 0.25) is 5.02 Å². The number of fused-ring (bicyclic) bond motifs is 4. The summed E-state index contributed by atoms with van der Waals surface area (Å²) in [4.78, 5) is 9.19. The van der Waals surface area contributed by atoms with Gasteiger partial charge in [0.15, 0.2) is 0 Å². The molecule has 4 aromatic rings. The Hall–Kier alpha value is -2.19. The van der Waals surface area contributed by atoms with Crippen LogP contribution in [0.1, 0.15) is 0 Å². The molecule has 0 aliphatic rings. The Morgan fingerprint density at radius 3 is 2.26 bits per heavy atom. The lowest BCUT2D eigenvalue weighted by Gasteiger charge is -2.07. The van der Waals surface area contributed by atoms with E-state index in [1.165, 1.54) is 0 Å². The van der Waals surface area contributed by atoms with E-state index in [1.807, 2.05) is 48.5 Å². The Balaban J connectivity index is 2.32. The molecule has 0 aliphatic carbocycles. The Labute approximate surface area is 114 Å². The average molecular weight is 265 g/mol. The second-order valence-corrected chi connectivity index (χ2v) is 4.86. The Bertz CT molecular complexity index is 931. The summed E-state index contributed by atoms with van der Waals surface area (Å²) in [6, 6.07) is 15.9. The van der Waals surface area contributed by atoms with Gasteiger partial charge in [-0.1, -0.05) is 48.0 Å². The quantitative estimate of drug-likeness (QED) is 0.343.